The second kappa shape index (κ2) is 15.3. The molecule has 0 unspecified atom stereocenters. The van der Waals surface area contributed by atoms with E-state index in [4.69, 9.17) is 16.3 Å². The van der Waals surface area contributed by atoms with E-state index in [0.29, 0.717) is 29.5 Å². The quantitative estimate of drug-likeness (QED) is 0.242. The molecule has 1 atom stereocenters. The molecule has 0 aliphatic carbocycles. The SMILES string of the molecule is CCOc1ccccc1N(CCCC(=O)N(Cc1cccc(Cl)c1)[C@@H](Cc1ccccc1)C(=O)NC(C)(C)C)S(C)(=O)=O. The first-order valence-corrected chi connectivity index (χ1v) is 16.6. The lowest BCUT2D eigenvalue weighted by Gasteiger charge is -2.34. The Kier molecular flexibility index (Phi) is 12.0. The minimum Gasteiger partial charge on any atom is -0.492 e. The molecule has 1 N–H and O–H groups in total. The largest absolute Gasteiger partial charge is 0.492 e. The van der Waals surface area contributed by atoms with Gasteiger partial charge < -0.3 is 15.0 Å². The Hall–Kier alpha value is -3.56. The summed E-state index contributed by atoms with van der Waals surface area (Å²) in [6.07, 6.45) is 1.71. The minimum atomic E-state index is -3.67. The summed E-state index contributed by atoms with van der Waals surface area (Å²) in [6.45, 7) is 8.13. The molecular weight excluding hydrogens is 586 g/mol. The first-order valence-electron chi connectivity index (χ1n) is 14.4. The van der Waals surface area contributed by atoms with Crippen molar-refractivity contribution in [3.63, 3.8) is 0 Å². The Balaban J connectivity index is 1.92. The average Bonchev–Trinajstić information content (AvgIpc) is 2.92. The van der Waals surface area contributed by atoms with Crippen LogP contribution in [0, 0.1) is 0 Å². The van der Waals surface area contributed by atoms with Gasteiger partial charge >= 0.3 is 0 Å². The number of benzene rings is 3. The molecule has 0 heterocycles. The number of carbonyl (C=O) groups is 2. The molecule has 0 bridgehead atoms. The molecule has 0 radical (unpaired) electrons. The van der Waals surface area contributed by atoms with E-state index < -0.39 is 21.6 Å². The van der Waals surface area contributed by atoms with Crippen LogP contribution in [0.4, 0.5) is 5.69 Å². The van der Waals surface area contributed by atoms with Crippen molar-refractivity contribution in [2.45, 2.75) is 65.1 Å². The van der Waals surface area contributed by atoms with Crippen LogP contribution in [0.2, 0.25) is 5.02 Å². The molecule has 232 valence electrons. The molecule has 3 aromatic carbocycles. The Morgan fingerprint density at radius 1 is 0.953 bits per heavy atom. The number of ether oxygens (including phenoxy) is 1. The van der Waals surface area contributed by atoms with E-state index in [0.717, 1.165) is 17.4 Å². The van der Waals surface area contributed by atoms with Crippen LogP contribution in [-0.2, 0) is 32.6 Å². The smallest absolute Gasteiger partial charge is 0.243 e. The number of carbonyl (C=O) groups excluding carboxylic acids is 2. The van der Waals surface area contributed by atoms with Crippen molar-refractivity contribution >= 4 is 39.1 Å². The number of amides is 2. The molecule has 0 saturated heterocycles. The first kappa shape index (κ1) is 33.9. The highest BCUT2D eigenvalue weighted by atomic mass is 35.5. The van der Waals surface area contributed by atoms with Gasteiger partial charge in [0, 0.05) is 36.5 Å². The zero-order chi connectivity index (χ0) is 31.6. The molecule has 0 aliphatic rings. The molecule has 3 aromatic rings. The molecule has 0 saturated carbocycles. The summed E-state index contributed by atoms with van der Waals surface area (Å²) in [5.74, 6) is -0.0854. The fourth-order valence-electron chi connectivity index (χ4n) is 4.76. The van der Waals surface area contributed by atoms with Gasteiger partial charge in [-0.05, 0) is 69.5 Å². The number of rotatable bonds is 14. The number of nitrogens with one attached hydrogen (secondary N) is 1. The van der Waals surface area contributed by atoms with Gasteiger partial charge in [-0.25, -0.2) is 8.42 Å². The number of para-hydroxylation sites is 2. The van der Waals surface area contributed by atoms with Gasteiger partial charge in [0.2, 0.25) is 21.8 Å². The van der Waals surface area contributed by atoms with Crippen molar-refractivity contribution < 1.29 is 22.7 Å². The fraction of sp³-hybridized carbons (Fsp3) is 0.394. The number of sulfonamides is 1. The van der Waals surface area contributed by atoms with Crippen molar-refractivity contribution in [1.29, 1.82) is 0 Å². The van der Waals surface area contributed by atoms with Gasteiger partial charge in [-0.2, -0.15) is 0 Å². The van der Waals surface area contributed by atoms with Gasteiger partial charge in [-0.3, -0.25) is 13.9 Å². The topological polar surface area (TPSA) is 96.0 Å². The van der Waals surface area contributed by atoms with Crippen LogP contribution < -0.4 is 14.4 Å². The van der Waals surface area contributed by atoms with Gasteiger partial charge in [-0.15, -0.1) is 0 Å². The van der Waals surface area contributed by atoms with Crippen molar-refractivity contribution in [3.8, 4) is 5.75 Å². The summed E-state index contributed by atoms with van der Waals surface area (Å²) in [5, 5.41) is 3.57. The molecule has 0 spiro atoms. The Morgan fingerprint density at radius 2 is 1.60 bits per heavy atom. The second-order valence-electron chi connectivity index (χ2n) is 11.4. The van der Waals surface area contributed by atoms with Gasteiger partial charge in [0.25, 0.3) is 0 Å². The second-order valence-corrected chi connectivity index (χ2v) is 13.8. The van der Waals surface area contributed by atoms with Gasteiger partial charge in [0.15, 0.2) is 0 Å². The van der Waals surface area contributed by atoms with E-state index in [1.54, 1.807) is 41.3 Å². The standard InChI is InChI=1S/C33H42ClN3O5S/c1-6-42-30-19-11-10-18-28(30)37(43(5,40)41)21-13-20-31(38)36(24-26-16-12-17-27(34)22-26)29(32(39)35-33(2,3)4)23-25-14-8-7-9-15-25/h7-12,14-19,22,29H,6,13,20-21,23-24H2,1-5H3,(H,35,39)/t29-/m0/s1. The molecule has 0 aliphatic heterocycles. The molecular formula is C33H42ClN3O5S. The van der Waals surface area contributed by atoms with E-state index in [1.807, 2.05) is 70.2 Å². The van der Waals surface area contributed by atoms with Crippen LogP contribution in [0.1, 0.15) is 51.7 Å². The lowest BCUT2D eigenvalue weighted by molar-refractivity contribution is -0.142. The fourth-order valence-corrected chi connectivity index (χ4v) is 5.94. The third-order valence-corrected chi connectivity index (χ3v) is 8.01. The number of hydrogen-bond donors (Lipinski definition) is 1. The maximum atomic E-state index is 14.0. The van der Waals surface area contributed by atoms with Crippen LogP contribution in [0.15, 0.2) is 78.9 Å². The van der Waals surface area contributed by atoms with E-state index in [-0.39, 0.29) is 37.7 Å². The average molecular weight is 628 g/mol. The molecule has 2 amide bonds. The zero-order valence-corrected chi connectivity index (χ0v) is 27.1. The lowest BCUT2D eigenvalue weighted by Crippen LogP contribution is -2.54. The van der Waals surface area contributed by atoms with E-state index >= 15 is 0 Å². The van der Waals surface area contributed by atoms with Crippen LogP contribution >= 0.6 is 11.6 Å². The maximum absolute atomic E-state index is 14.0. The van der Waals surface area contributed by atoms with Crippen LogP contribution in [-0.4, -0.2) is 56.1 Å². The lowest BCUT2D eigenvalue weighted by atomic mass is 10.00. The van der Waals surface area contributed by atoms with Crippen LogP contribution in [0.25, 0.3) is 0 Å². The van der Waals surface area contributed by atoms with Crippen molar-refractivity contribution in [1.82, 2.24) is 10.2 Å². The Morgan fingerprint density at radius 3 is 2.23 bits per heavy atom. The molecule has 8 nitrogen and oxygen atoms in total. The highest BCUT2D eigenvalue weighted by molar-refractivity contribution is 7.92. The summed E-state index contributed by atoms with van der Waals surface area (Å²) in [7, 11) is -3.67. The van der Waals surface area contributed by atoms with Gasteiger partial charge in [0.05, 0.1) is 18.6 Å². The van der Waals surface area contributed by atoms with E-state index in [9.17, 15) is 18.0 Å². The zero-order valence-electron chi connectivity index (χ0n) is 25.5. The monoisotopic (exact) mass is 627 g/mol. The van der Waals surface area contributed by atoms with E-state index in [2.05, 4.69) is 5.32 Å². The van der Waals surface area contributed by atoms with Gasteiger partial charge in [-0.1, -0.05) is 66.2 Å². The number of halogens is 1. The molecule has 0 aromatic heterocycles. The van der Waals surface area contributed by atoms with E-state index in [1.165, 1.54) is 4.31 Å². The molecule has 43 heavy (non-hydrogen) atoms. The molecule has 3 rings (SSSR count). The van der Waals surface area contributed by atoms with Crippen LogP contribution in [0.5, 0.6) is 5.75 Å². The van der Waals surface area contributed by atoms with Crippen molar-refractivity contribution in [2.24, 2.45) is 0 Å². The highest BCUT2D eigenvalue weighted by Gasteiger charge is 2.32. The Bertz CT molecular complexity index is 1480. The summed E-state index contributed by atoms with van der Waals surface area (Å²) in [6, 6.07) is 22.9. The van der Waals surface area contributed by atoms with Crippen molar-refractivity contribution in [3.05, 3.63) is 95.0 Å². The third-order valence-electron chi connectivity index (χ3n) is 6.60. The maximum Gasteiger partial charge on any atom is 0.243 e. The summed E-state index contributed by atoms with van der Waals surface area (Å²) in [5.41, 5.74) is 1.60. The normalized spacial score (nSPS) is 12.3. The number of anilines is 1. The first-order chi connectivity index (χ1) is 20.3. The predicted molar refractivity (Wildman–Crippen MR) is 173 cm³/mol. The summed E-state index contributed by atoms with van der Waals surface area (Å²) < 4.78 is 32.6. The Labute approximate surface area is 261 Å². The minimum absolute atomic E-state index is 0.0253. The number of hydrogen-bond acceptors (Lipinski definition) is 5. The highest BCUT2D eigenvalue weighted by Crippen LogP contribution is 2.30. The third kappa shape index (κ3) is 10.6. The molecule has 0 fully saturated rings. The predicted octanol–water partition coefficient (Wildman–Crippen LogP) is 5.84. The number of nitrogens with zero attached hydrogens (tertiary/aromatic N) is 2. The summed E-state index contributed by atoms with van der Waals surface area (Å²) in [4.78, 5) is 29.3. The van der Waals surface area contributed by atoms with Crippen LogP contribution in [0.3, 0.4) is 0 Å². The molecule has 10 heteroatoms. The van der Waals surface area contributed by atoms with Crippen molar-refractivity contribution in [2.75, 3.05) is 23.7 Å². The van der Waals surface area contributed by atoms with Gasteiger partial charge in [0.1, 0.15) is 11.8 Å². The summed E-state index contributed by atoms with van der Waals surface area (Å²) >= 11 is 6.27.